The maximum absolute atomic E-state index is 12.4. The molecule has 25 heavy (non-hydrogen) atoms. The number of amides is 1. The van der Waals surface area contributed by atoms with Gasteiger partial charge in [-0.15, -0.1) is 0 Å². The van der Waals surface area contributed by atoms with Gasteiger partial charge in [-0.25, -0.2) is 9.78 Å². The normalized spacial score (nSPS) is 12.2. The molecule has 3 aromatic rings. The number of hydrogen-bond acceptors (Lipinski definition) is 7. The fourth-order valence-corrected chi connectivity index (χ4v) is 3.33. The van der Waals surface area contributed by atoms with Gasteiger partial charge >= 0.3 is 5.97 Å². The number of anilines is 1. The van der Waals surface area contributed by atoms with Crippen molar-refractivity contribution < 1.29 is 23.8 Å². The summed E-state index contributed by atoms with van der Waals surface area (Å²) in [5.41, 5.74) is 1.57. The smallest absolute Gasteiger partial charge is 0.337 e. The second kappa shape index (κ2) is 6.06. The molecule has 0 saturated carbocycles. The number of carbonyl (C=O) groups excluding carboxylic acids is 2. The van der Waals surface area contributed by atoms with E-state index in [1.54, 1.807) is 36.4 Å². The summed E-state index contributed by atoms with van der Waals surface area (Å²) >= 11 is 1.28. The number of fused-ring (bicyclic) bond motifs is 2. The molecule has 0 radical (unpaired) electrons. The van der Waals surface area contributed by atoms with Gasteiger partial charge in [0.05, 0.1) is 22.9 Å². The van der Waals surface area contributed by atoms with Gasteiger partial charge in [0.25, 0.3) is 5.91 Å². The summed E-state index contributed by atoms with van der Waals surface area (Å²) in [6, 6.07) is 10.0. The molecule has 0 saturated heterocycles. The molecule has 1 aromatic heterocycles. The van der Waals surface area contributed by atoms with Gasteiger partial charge in [0.15, 0.2) is 16.6 Å². The van der Waals surface area contributed by atoms with Crippen LogP contribution in [0.1, 0.15) is 20.7 Å². The zero-order valence-corrected chi connectivity index (χ0v) is 13.9. The third-order valence-corrected chi connectivity index (χ3v) is 4.60. The van der Waals surface area contributed by atoms with Crippen LogP contribution in [0.2, 0.25) is 0 Å². The van der Waals surface area contributed by atoms with E-state index in [1.807, 2.05) is 0 Å². The molecule has 2 aromatic carbocycles. The number of methoxy groups -OCH3 is 1. The quantitative estimate of drug-likeness (QED) is 0.726. The zero-order valence-electron chi connectivity index (χ0n) is 13.1. The van der Waals surface area contributed by atoms with Crippen LogP contribution in [0.25, 0.3) is 10.2 Å². The predicted octanol–water partition coefficient (Wildman–Crippen LogP) is 3.06. The molecule has 1 amide bonds. The van der Waals surface area contributed by atoms with E-state index in [4.69, 9.17) is 14.2 Å². The second-order valence-electron chi connectivity index (χ2n) is 5.22. The van der Waals surface area contributed by atoms with E-state index in [-0.39, 0.29) is 12.7 Å². The van der Waals surface area contributed by atoms with Crippen molar-refractivity contribution in [2.45, 2.75) is 0 Å². The summed E-state index contributed by atoms with van der Waals surface area (Å²) in [7, 11) is 1.33. The highest BCUT2D eigenvalue weighted by Crippen LogP contribution is 2.33. The van der Waals surface area contributed by atoms with E-state index in [0.29, 0.717) is 33.3 Å². The lowest BCUT2D eigenvalue weighted by Crippen LogP contribution is -2.11. The van der Waals surface area contributed by atoms with Crippen molar-refractivity contribution >= 4 is 38.6 Å². The first kappa shape index (κ1) is 15.4. The van der Waals surface area contributed by atoms with Crippen LogP contribution in [0.3, 0.4) is 0 Å². The molecule has 0 spiro atoms. The summed E-state index contributed by atoms with van der Waals surface area (Å²) in [6.07, 6.45) is 0. The van der Waals surface area contributed by atoms with Crippen LogP contribution >= 0.6 is 11.3 Å². The van der Waals surface area contributed by atoms with Gasteiger partial charge < -0.3 is 14.2 Å². The molecule has 1 N–H and O–H groups in total. The minimum Gasteiger partial charge on any atom is -0.465 e. The Kier molecular flexibility index (Phi) is 3.73. The Morgan fingerprint density at radius 1 is 1.12 bits per heavy atom. The number of nitrogens with zero attached hydrogens (tertiary/aromatic N) is 1. The number of thiazole rings is 1. The average Bonchev–Trinajstić information content (AvgIpc) is 3.25. The number of nitrogens with one attached hydrogen (secondary N) is 1. The van der Waals surface area contributed by atoms with Crippen molar-refractivity contribution in [3.05, 3.63) is 47.5 Å². The third kappa shape index (κ3) is 2.87. The van der Waals surface area contributed by atoms with E-state index in [0.717, 1.165) is 4.70 Å². The number of carbonyl (C=O) groups is 2. The molecule has 0 atom stereocenters. The Morgan fingerprint density at radius 3 is 2.76 bits per heavy atom. The SMILES string of the molecule is COC(=O)c1ccc2nc(NC(=O)c3ccc4c(c3)OCO4)sc2c1. The van der Waals surface area contributed by atoms with E-state index in [2.05, 4.69) is 10.3 Å². The topological polar surface area (TPSA) is 86.8 Å². The lowest BCUT2D eigenvalue weighted by atomic mass is 10.2. The van der Waals surface area contributed by atoms with Crippen LogP contribution in [0.5, 0.6) is 11.5 Å². The molecule has 1 aliphatic rings. The maximum atomic E-state index is 12.4. The first-order valence-corrected chi connectivity index (χ1v) is 8.15. The summed E-state index contributed by atoms with van der Waals surface area (Å²) in [5.74, 6) is 0.443. The molecule has 2 heterocycles. The molecule has 7 nitrogen and oxygen atoms in total. The fraction of sp³-hybridized carbons (Fsp3) is 0.118. The van der Waals surface area contributed by atoms with E-state index in [1.165, 1.54) is 18.4 Å². The highest BCUT2D eigenvalue weighted by atomic mass is 32.1. The fourth-order valence-electron chi connectivity index (χ4n) is 2.43. The van der Waals surface area contributed by atoms with Gasteiger partial charge in [-0.2, -0.15) is 0 Å². The molecule has 0 unspecified atom stereocenters. The van der Waals surface area contributed by atoms with Gasteiger partial charge in [-0.1, -0.05) is 11.3 Å². The number of rotatable bonds is 3. The third-order valence-electron chi connectivity index (χ3n) is 3.66. The monoisotopic (exact) mass is 356 g/mol. The number of ether oxygens (including phenoxy) is 3. The molecule has 0 aliphatic carbocycles. The van der Waals surface area contributed by atoms with Crippen molar-refractivity contribution in [1.29, 1.82) is 0 Å². The van der Waals surface area contributed by atoms with Crippen molar-refractivity contribution in [3.8, 4) is 11.5 Å². The van der Waals surface area contributed by atoms with Crippen molar-refractivity contribution in [2.24, 2.45) is 0 Å². The van der Waals surface area contributed by atoms with Crippen LogP contribution in [0.15, 0.2) is 36.4 Å². The molecule has 0 fully saturated rings. The van der Waals surface area contributed by atoms with Crippen molar-refractivity contribution in [1.82, 2.24) is 4.98 Å². The number of aromatic nitrogens is 1. The van der Waals surface area contributed by atoms with Crippen LogP contribution in [-0.2, 0) is 4.74 Å². The Morgan fingerprint density at radius 2 is 1.92 bits per heavy atom. The summed E-state index contributed by atoms with van der Waals surface area (Å²) < 4.78 is 16.0. The Balaban J connectivity index is 1.57. The predicted molar refractivity (Wildman–Crippen MR) is 91.5 cm³/mol. The highest BCUT2D eigenvalue weighted by Gasteiger charge is 2.17. The molecule has 126 valence electrons. The Labute approximate surface area is 146 Å². The Bertz CT molecular complexity index is 998. The minimum absolute atomic E-state index is 0.154. The second-order valence-corrected chi connectivity index (χ2v) is 6.25. The first-order valence-electron chi connectivity index (χ1n) is 7.34. The lowest BCUT2D eigenvalue weighted by molar-refractivity contribution is 0.0601. The van der Waals surface area contributed by atoms with Gasteiger partial charge in [-0.3, -0.25) is 10.1 Å². The van der Waals surface area contributed by atoms with E-state index >= 15 is 0 Å². The molecular weight excluding hydrogens is 344 g/mol. The minimum atomic E-state index is -0.416. The van der Waals surface area contributed by atoms with Crippen LogP contribution in [0.4, 0.5) is 5.13 Å². The van der Waals surface area contributed by atoms with Gasteiger partial charge in [0.1, 0.15) is 0 Å². The summed E-state index contributed by atoms with van der Waals surface area (Å²) in [4.78, 5) is 28.3. The van der Waals surface area contributed by atoms with Gasteiger partial charge in [-0.05, 0) is 36.4 Å². The van der Waals surface area contributed by atoms with Crippen molar-refractivity contribution in [3.63, 3.8) is 0 Å². The number of hydrogen-bond donors (Lipinski definition) is 1. The molecular formula is C17H12N2O5S. The van der Waals surface area contributed by atoms with Crippen molar-refractivity contribution in [2.75, 3.05) is 19.2 Å². The first-order chi connectivity index (χ1) is 12.1. The molecule has 1 aliphatic heterocycles. The standard InChI is InChI=1S/C17H12N2O5S/c1-22-16(21)10-2-4-11-14(7-10)25-17(18-11)19-15(20)9-3-5-12-13(6-9)24-8-23-12/h2-7H,8H2,1H3,(H,18,19,20). The van der Waals surface area contributed by atoms with Crippen LogP contribution in [0, 0.1) is 0 Å². The molecule has 8 heteroatoms. The van der Waals surface area contributed by atoms with E-state index < -0.39 is 5.97 Å². The summed E-state index contributed by atoms with van der Waals surface area (Å²) in [5, 5.41) is 3.20. The number of benzene rings is 2. The van der Waals surface area contributed by atoms with Crippen LogP contribution in [-0.4, -0.2) is 30.8 Å². The number of esters is 1. The highest BCUT2D eigenvalue weighted by molar-refractivity contribution is 7.22. The molecule has 4 rings (SSSR count). The van der Waals surface area contributed by atoms with Gasteiger partial charge in [0.2, 0.25) is 6.79 Å². The van der Waals surface area contributed by atoms with Crippen LogP contribution < -0.4 is 14.8 Å². The largest absolute Gasteiger partial charge is 0.465 e. The lowest BCUT2D eigenvalue weighted by Gasteiger charge is -2.02. The average molecular weight is 356 g/mol. The summed E-state index contributed by atoms with van der Waals surface area (Å²) in [6.45, 7) is 0.154. The van der Waals surface area contributed by atoms with Gasteiger partial charge in [0, 0.05) is 5.56 Å². The van der Waals surface area contributed by atoms with E-state index in [9.17, 15) is 9.59 Å². The zero-order chi connectivity index (χ0) is 17.4. The Hall–Kier alpha value is -3.13. The maximum Gasteiger partial charge on any atom is 0.337 e. The molecule has 0 bridgehead atoms.